The molecule has 5 heteroatoms. The van der Waals surface area contributed by atoms with Crippen LogP contribution in [0.5, 0.6) is 11.5 Å². The zero-order valence-electron chi connectivity index (χ0n) is 17.6. The average Bonchev–Trinajstić information content (AvgIpc) is 2.85. The fourth-order valence-corrected chi connectivity index (χ4v) is 3.62. The van der Waals surface area contributed by atoms with Crippen LogP contribution in [-0.2, 0) is 6.61 Å². The predicted octanol–water partition coefficient (Wildman–Crippen LogP) is 7.27. The molecule has 1 aromatic heterocycles. The van der Waals surface area contributed by atoms with E-state index in [4.69, 9.17) is 25.7 Å². The van der Waals surface area contributed by atoms with Crippen molar-refractivity contribution in [2.75, 3.05) is 0 Å². The lowest BCUT2D eigenvalue weighted by atomic mass is 10.1. The molecule has 5 aromatic rings. The molecule has 4 nitrogen and oxygen atoms in total. The average molecular weight is 454 g/mol. The maximum Gasteiger partial charge on any atom is 0.137 e. The van der Waals surface area contributed by atoms with Crippen LogP contribution in [0.2, 0.25) is 5.02 Å². The van der Waals surface area contributed by atoms with Crippen LogP contribution in [0.3, 0.4) is 0 Å². The van der Waals surface area contributed by atoms with E-state index >= 15 is 0 Å². The van der Waals surface area contributed by atoms with Crippen molar-refractivity contribution < 1.29 is 14.3 Å². The second-order valence-corrected chi connectivity index (χ2v) is 8.00. The lowest BCUT2D eigenvalue weighted by Gasteiger charge is -2.07. The summed E-state index contributed by atoms with van der Waals surface area (Å²) in [5, 5.41) is 12.2. The fourth-order valence-electron chi connectivity index (χ4n) is 3.50. The van der Waals surface area contributed by atoms with Gasteiger partial charge < -0.3 is 14.3 Å². The number of rotatable bonds is 5. The van der Waals surface area contributed by atoms with Crippen molar-refractivity contribution in [1.82, 2.24) is 0 Å². The summed E-state index contributed by atoms with van der Waals surface area (Å²) in [6.45, 7) is 0.457. The van der Waals surface area contributed by atoms with Crippen LogP contribution < -0.4 is 10.1 Å². The van der Waals surface area contributed by atoms with Crippen LogP contribution in [0.1, 0.15) is 5.56 Å². The Bertz CT molecular complexity index is 1460. The fraction of sp³-hybridized carbons (Fsp3) is 0.0357. The molecule has 1 heterocycles. The molecule has 0 atom stereocenters. The number of fused-ring (bicyclic) bond motifs is 1. The first-order valence-corrected chi connectivity index (χ1v) is 10.9. The molecule has 0 amide bonds. The highest BCUT2D eigenvalue weighted by molar-refractivity contribution is 6.30. The van der Waals surface area contributed by atoms with Crippen molar-refractivity contribution in [3.05, 3.63) is 119 Å². The molecule has 0 aliphatic rings. The quantitative estimate of drug-likeness (QED) is 0.304. The van der Waals surface area contributed by atoms with Gasteiger partial charge in [0.05, 0.1) is 11.0 Å². The van der Waals surface area contributed by atoms with E-state index < -0.39 is 0 Å². The summed E-state index contributed by atoms with van der Waals surface area (Å²) >= 11 is 5.93. The zero-order chi connectivity index (χ0) is 22.6. The molecule has 0 aliphatic carbocycles. The van der Waals surface area contributed by atoms with Gasteiger partial charge in [-0.15, -0.1) is 0 Å². The lowest BCUT2D eigenvalue weighted by molar-refractivity contribution is 0.306. The molecular weight excluding hydrogens is 434 g/mol. The number of nitrogens with zero attached hydrogens (tertiary/aromatic N) is 1. The van der Waals surface area contributed by atoms with E-state index in [0.717, 1.165) is 28.0 Å². The number of halogens is 1. The molecule has 5 rings (SSSR count). The molecule has 1 N–H and O–H groups in total. The van der Waals surface area contributed by atoms with Crippen molar-refractivity contribution in [2.45, 2.75) is 6.61 Å². The molecular formula is C28H20ClNO3. The largest absolute Gasteiger partial charge is 0.508 e. The standard InChI is InChI=1S/C28H20ClNO3/c29-21-8-6-19(7-9-21)18-32-24-13-10-22(11-14-24)30-26-17-28(20-4-2-1-3-5-20)33-27-15-12-23(31)16-25(26)27/h1-17,31H,18H2. The summed E-state index contributed by atoms with van der Waals surface area (Å²) < 4.78 is 11.9. The third-order valence-electron chi connectivity index (χ3n) is 5.19. The van der Waals surface area contributed by atoms with Crippen molar-refractivity contribution in [3.63, 3.8) is 0 Å². The van der Waals surface area contributed by atoms with Crippen LogP contribution >= 0.6 is 11.6 Å². The predicted molar refractivity (Wildman–Crippen MR) is 131 cm³/mol. The number of hydrogen-bond acceptors (Lipinski definition) is 4. The molecule has 0 aliphatic heterocycles. The van der Waals surface area contributed by atoms with Gasteiger partial charge in [0, 0.05) is 22.0 Å². The van der Waals surface area contributed by atoms with Gasteiger partial charge in [-0.3, -0.25) is 0 Å². The van der Waals surface area contributed by atoms with Gasteiger partial charge in [0.2, 0.25) is 0 Å². The van der Waals surface area contributed by atoms with Gasteiger partial charge in [-0.25, -0.2) is 4.99 Å². The number of benzene rings is 4. The Morgan fingerprint density at radius 3 is 2.33 bits per heavy atom. The second-order valence-electron chi connectivity index (χ2n) is 7.56. The van der Waals surface area contributed by atoms with E-state index in [1.165, 1.54) is 0 Å². The van der Waals surface area contributed by atoms with Gasteiger partial charge in [-0.2, -0.15) is 0 Å². The summed E-state index contributed by atoms with van der Waals surface area (Å²) in [6, 6.07) is 31.9. The normalized spacial score (nSPS) is 11.6. The van der Waals surface area contributed by atoms with Crippen LogP contribution in [0.4, 0.5) is 5.69 Å². The number of phenolic OH excluding ortho intramolecular Hbond substituents is 1. The molecule has 4 aromatic carbocycles. The molecule has 0 radical (unpaired) electrons. The minimum absolute atomic E-state index is 0.160. The number of hydrogen-bond donors (Lipinski definition) is 1. The van der Waals surface area contributed by atoms with Gasteiger partial charge in [0.1, 0.15) is 29.4 Å². The van der Waals surface area contributed by atoms with E-state index in [0.29, 0.717) is 28.3 Å². The Labute approximate surface area is 196 Å². The summed E-state index contributed by atoms with van der Waals surface area (Å²) in [6.07, 6.45) is 0. The highest BCUT2D eigenvalue weighted by atomic mass is 35.5. The minimum Gasteiger partial charge on any atom is -0.508 e. The highest BCUT2D eigenvalue weighted by Gasteiger charge is 2.07. The van der Waals surface area contributed by atoms with Gasteiger partial charge in [0.25, 0.3) is 0 Å². The van der Waals surface area contributed by atoms with Crippen LogP contribution in [-0.4, -0.2) is 5.11 Å². The summed E-state index contributed by atoms with van der Waals surface area (Å²) in [7, 11) is 0. The minimum atomic E-state index is 0.160. The molecule has 0 unspecified atom stereocenters. The number of ether oxygens (including phenoxy) is 1. The Morgan fingerprint density at radius 2 is 1.58 bits per heavy atom. The van der Waals surface area contributed by atoms with Gasteiger partial charge in [-0.1, -0.05) is 54.1 Å². The van der Waals surface area contributed by atoms with Gasteiger partial charge >= 0.3 is 0 Å². The lowest BCUT2D eigenvalue weighted by Crippen LogP contribution is -2.03. The Hall–Kier alpha value is -4.02. The first-order chi connectivity index (χ1) is 16.1. The van der Waals surface area contributed by atoms with E-state index in [9.17, 15) is 5.11 Å². The maximum absolute atomic E-state index is 10.0. The first kappa shape index (κ1) is 20.9. The summed E-state index contributed by atoms with van der Waals surface area (Å²) in [4.78, 5) is 4.82. The molecule has 0 spiro atoms. The maximum atomic E-state index is 10.0. The molecule has 0 bridgehead atoms. The van der Waals surface area contributed by atoms with Crippen molar-refractivity contribution in [3.8, 4) is 22.8 Å². The van der Waals surface area contributed by atoms with Gasteiger partial charge in [-0.05, 0) is 60.2 Å². The van der Waals surface area contributed by atoms with E-state index in [1.807, 2.05) is 84.9 Å². The van der Waals surface area contributed by atoms with Crippen molar-refractivity contribution in [2.24, 2.45) is 4.99 Å². The smallest absolute Gasteiger partial charge is 0.137 e. The van der Waals surface area contributed by atoms with E-state index in [-0.39, 0.29) is 5.75 Å². The molecule has 0 fully saturated rings. The number of aromatic hydroxyl groups is 1. The van der Waals surface area contributed by atoms with E-state index in [1.54, 1.807) is 18.2 Å². The Kier molecular flexibility index (Phi) is 5.83. The molecule has 162 valence electrons. The van der Waals surface area contributed by atoms with Gasteiger partial charge in [0.15, 0.2) is 0 Å². The molecule has 0 saturated carbocycles. The highest BCUT2D eigenvalue weighted by Crippen LogP contribution is 2.25. The Balaban J connectivity index is 1.47. The zero-order valence-corrected chi connectivity index (χ0v) is 18.4. The Morgan fingerprint density at radius 1 is 0.818 bits per heavy atom. The topological polar surface area (TPSA) is 55.0 Å². The summed E-state index contributed by atoms with van der Waals surface area (Å²) in [5.74, 6) is 1.61. The first-order valence-electron chi connectivity index (χ1n) is 10.5. The van der Waals surface area contributed by atoms with Crippen molar-refractivity contribution in [1.29, 1.82) is 0 Å². The SMILES string of the molecule is Oc1ccc2oc(-c3ccccc3)cc(=Nc3ccc(OCc4ccc(Cl)cc4)cc3)c2c1. The van der Waals surface area contributed by atoms with Crippen LogP contribution in [0.25, 0.3) is 22.3 Å². The monoisotopic (exact) mass is 453 g/mol. The van der Waals surface area contributed by atoms with E-state index in [2.05, 4.69) is 0 Å². The second kappa shape index (κ2) is 9.23. The third kappa shape index (κ3) is 4.92. The van der Waals surface area contributed by atoms with Crippen LogP contribution in [0, 0.1) is 0 Å². The molecule has 0 saturated heterocycles. The third-order valence-corrected chi connectivity index (χ3v) is 5.44. The number of phenols is 1. The van der Waals surface area contributed by atoms with Crippen molar-refractivity contribution >= 4 is 28.3 Å². The molecule has 33 heavy (non-hydrogen) atoms. The van der Waals surface area contributed by atoms with Crippen LogP contribution in [0.15, 0.2) is 113 Å². The summed E-state index contributed by atoms with van der Waals surface area (Å²) in [5.41, 5.74) is 3.41.